The summed E-state index contributed by atoms with van der Waals surface area (Å²) in [6.07, 6.45) is 4.92. The number of ether oxygens (including phenoxy) is 1. The summed E-state index contributed by atoms with van der Waals surface area (Å²) in [5, 5.41) is 9.83. The maximum atomic E-state index is 9.83. The normalized spacial score (nSPS) is 41.4. The molecule has 3 heterocycles. The second-order valence-electron chi connectivity index (χ2n) is 6.88. The highest BCUT2D eigenvalue weighted by atomic mass is 16.5. The fraction of sp³-hybridized carbons (Fsp3) is 1.00. The van der Waals surface area contributed by atoms with Gasteiger partial charge in [0.05, 0.1) is 13.2 Å². The Morgan fingerprint density at radius 3 is 2.95 bits per heavy atom. The van der Waals surface area contributed by atoms with E-state index in [1.54, 1.807) is 0 Å². The van der Waals surface area contributed by atoms with Crippen molar-refractivity contribution >= 4 is 0 Å². The summed E-state index contributed by atoms with van der Waals surface area (Å²) >= 11 is 0. The largest absolute Gasteiger partial charge is 0.396 e. The molecule has 0 aliphatic carbocycles. The molecule has 3 rings (SSSR count). The molecule has 0 aromatic rings. The molecule has 0 saturated carbocycles. The fourth-order valence-corrected chi connectivity index (χ4v) is 4.11. The Morgan fingerprint density at radius 1 is 1.32 bits per heavy atom. The van der Waals surface area contributed by atoms with Crippen LogP contribution >= 0.6 is 0 Å². The Hall–Kier alpha value is -0.160. The predicted molar refractivity (Wildman–Crippen MR) is 75.2 cm³/mol. The number of hydrogen-bond acceptors (Lipinski definition) is 4. The van der Waals surface area contributed by atoms with E-state index in [0.29, 0.717) is 6.04 Å². The molecule has 1 N–H and O–H groups in total. The van der Waals surface area contributed by atoms with Gasteiger partial charge in [0.2, 0.25) is 0 Å². The third-order valence-corrected chi connectivity index (χ3v) is 5.34. The Bertz CT molecular complexity index is 305. The lowest BCUT2D eigenvalue weighted by atomic mass is 9.82. The first-order valence-corrected chi connectivity index (χ1v) is 7.89. The minimum Gasteiger partial charge on any atom is -0.396 e. The summed E-state index contributed by atoms with van der Waals surface area (Å²) in [5.74, 6) is 0. The molecule has 3 atom stereocenters. The second kappa shape index (κ2) is 5.68. The van der Waals surface area contributed by atoms with E-state index in [1.165, 1.54) is 32.5 Å². The molecule has 4 heteroatoms. The van der Waals surface area contributed by atoms with E-state index in [1.807, 2.05) is 0 Å². The van der Waals surface area contributed by atoms with Crippen LogP contribution in [0.4, 0.5) is 0 Å². The molecule has 3 unspecified atom stereocenters. The van der Waals surface area contributed by atoms with Gasteiger partial charge in [0, 0.05) is 43.7 Å². The van der Waals surface area contributed by atoms with E-state index >= 15 is 0 Å². The third kappa shape index (κ3) is 2.82. The van der Waals surface area contributed by atoms with E-state index in [4.69, 9.17) is 4.74 Å². The van der Waals surface area contributed by atoms with Crippen molar-refractivity contribution in [2.45, 2.75) is 44.7 Å². The van der Waals surface area contributed by atoms with Gasteiger partial charge in [-0.2, -0.15) is 0 Å². The summed E-state index contributed by atoms with van der Waals surface area (Å²) in [4.78, 5) is 5.27. The number of nitrogens with zero attached hydrogens (tertiary/aromatic N) is 2. The lowest BCUT2D eigenvalue weighted by molar-refractivity contribution is -0.0716. The molecule has 3 fully saturated rings. The van der Waals surface area contributed by atoms with Crippen LogP contribution in [0.25, 0.3) is 0 Å². The number of aliphatic hydroxyl groups is 1. The topological polar surface area (TPSA) is 35.9 Å². The van der Waals surface area contributed by atoms with Gasteiger partial charge in [-0.05, 0) is 39.2 Å². The van der Waals surface area contributed by atoms with E-state index < -0.39 is 0 Å². The summed E-state index contributed by atoms with van der Waals surface area (Å²) < 4.78 is 5.64. The van der Waals surface area contributed by atoms with Crippen molar-refractivity contribution in [3.8, 4) is 0 Å². The molecule has 4 nitrogen and oxygen atoms in total. The van der Waals surface area contributed by atoms with Crippen molar-refractivity contribution in [2.75, 3.05) is 46.0 Å². The van der Waals surface area contributed by atoms with Crippen LogP contribution < -0.4 is 0 Å². The van der Waals surface area contributed by atoms with Crippen molar-refractivity contribution in [1.82, 2.24) is 9.80 Å². The van der Waals surface area contributed by atoms with E-state index in [0.717, 1.165) is 38.6 Å². The number of fused-ring (bicyclic) bond motifs is 1. The van der Waals surface area contributed by atoms with Gasteiger partial charge in [0.15, 0.2) is 0 Å². The molecule has 3 saturated heterocycles. The van der Waals surface area contributed by atoms with Crippen LogP contribution in [0, 0.1) is 5.41 Å². The van der Waals surface area contributed by atoms with E-state index in [9.17, 15) is 5.11 Å². The fourth-order valence-electron chi connectivity index (χ4n) is 4.11. The van der Waals surface area contributed by atoms with E-state index in [2.05, 4.69) is 16.7 Å². The summed E-state index contributed by atoms with van der Waals surface area (Å²) in [7, 11) is 0. The third-order valence-electron chi connectivity index (χ3n) is 5.34. The Balaban J connectivity index is 1.64. The molecule has 110 valence electrons. The van der Waals surface area contributed by atoms with Crippen molar-refractivity contribution < 1.29 is 9.84 Å². The number of rotatable bonds is 3. The van der Waals surface area contributed by atoms with Crippen molar-refractivity contribution in [1.29, 1.82) is 0 Å². The molecule has 0 radical (unpaired) electrons. The van der Waals surface area contributed by atoms with Gasteiger partial charge in [-0.25, -0.2) is 0 Å². The molecule has 0 aromatic carbocycles. The minimum atomic E-state index is -0.00666. The number of piperazine rings is 1. The van der Waals surface area contributed by atoms with Gasteiger partial charge >= 0.3 is 0 Å². The summed E-state index contributed by atoms with van der Waals surface area (Å²) in [5.41, 5.74) is -0.00666. The van der Waals surface area contributed by atoms with Crippen molar-refractivity contribution in [3.05, 3.63) is 0 Å². The van der Waals surface area contributed by atoms with Crippen LogP contribution in [0.2, 0.25) is 0 Å². The van der Waals surface area contributed by atoms with Crippen molar-refractivity contribution in [2.24, 2.45) is 5.41 Å². The quantitative estimate of drug-likeness (QED) is 0.826. The molecule has 0 spiro atoms. The molecule has 19 heavy (non-hydrogen) atoms. The summed E-state index contributed by atoms with van der Waals surface area (Å²) in [6.45, 7) is 8.89. The van der Waals surface area contributed by atoms with Gasteiger partial charge in [0.25, 0.3) is 0 Å². The molecular weight excluding hydrogens is 240 g/mol. The lowest BCUT2D eigenvalue weighted by Crippen LogP contribution is -2.58. The van der Waals surface area contributed by atoms with E-state index in [-0.39, 0.29) is 12.0 Å². The van der Waals surface area contributed by atoms with Gasteiger partial charge < -0.3 is 9.84 Å². The molecule has 0 aromatic heterocycles. The molecule has 0 amide bonds. The van der Waals surface area contributed by atoms with Crippen LogP contribution in [0.5, 0.6) is 0 Å². The van der Waals surface area contributed by atoms with Crippen LogP contribution in [0.3, 0.4) is 0 Å². The zero-order chi connectivity index (χ0) is 13.3. The summed E-state index contributed by atoms with van der Waals surface area (Å²) in [6, 6.07) is 1.37. The second-order valence-corrected chi connectivity index (χ2v) is 6.88. The van der Waals surface area contributed by atoms with Gasteiger partial charge in [0.1, 0.15) is 0 Å². The lowest BCUT2D eigenvalue weighted by Gasteiger charge is -2.47. The highest BCUT2D eigenvalue weighted by molar-refractivity contribution is 4.94. The maximum absolute atomic E-state index is 9.83. The number of hydrogen-bond donors (Lipinski definition) is 1. The molecule has 3 aliphatic heterocycles. The highest BCUT2D eigenvalue weighted by Crippen LogP contribution is 2.32. The van der Waals surface area contributed by atoms with Crippen LogP contribution in [-0.4, -0.2) is 73.0 Å². The van der Waals surface area contributed by atoms with Crippen LogP contribution in [0.15, 0.2) is 0 Å². The Kier molecular flexibility index (Phi) is 4.13. The average Bonchev–Trinajstić information content (AvgIpc) is 2.87. The van der Waals surface area contributed by atoms with Gasteiger partial charge in [-0.15, -0.1) is 0 Å². The van der Waals surface area contributed by atoms with Crippen molar-refractivity contribution in [3.63, 3.8) is 0 Å². The van der Waals surface area contributed by atoms with Crippen LogP contribution in [0.1, 0.15) is 32.6 Å². The van der Waals surface area contributed by atoms with Gasteiger partial charge in [-0.3, -0.25) is 9.80 Å². The number of aliphatic hydroxyl groups excluding tert-OH is 1. The zero-order valence-electron chi connectivity index (χ0n) is 12.2. The van der Waals surface area contributed by atoms with Gasteiger partial charge in [-0.1, -0.05) is 0 Å². The maximum Gasteiger partial charge on any atom is 0.0556 e. The molecule has 0 bridgehead atoms. The zero-order valence-corrected chi connectivity index (χ0v) is 12.2. The molecule has 3 aliphatic rings. The Morgan fingerprint density at radius 2 is 2.21 bits per heavy atom. The molecular formula is C15H28N2O2. The Labute approximate surface area is 116 Å². The first-order chi connectivity index (χ1) is 9.22. The SMILES string of the molecule is CC1CN2CCCC2CN1CC1(CO)CCCOC1. The smallest absolute Gasteiger partial charge is 0.0556 e. The predicted octanol–water partition coefficient (Wildman–Crippen LogP) is 0.944. The monoisotopic (exact) mass is 268 g/mol. The first kappa shape index (κ1) is 13.8. The van der Waals surface area contributed by atoms with Crippen LogP contribution in [-0.2, 0) is 4.74 Å². The first-order valence-electron chi connectivity index (χ1n) is 7.89. The highest BCUT2D eigenvalue weighted by Gasteiger charge is 2.40. The minimum absolute atomic E-state index is 0.00666. The average molecular weight is 268 g/mol. The standard InChI is InChI=1S/C15H28N2O2/c1-13-8-16-6-2-4-14(16)9-17(13)10-15(11-18)5-3-7-19-12-15/h13-14,18H,2-12H2,1H3.